The highest BCUT2D eigenvalue weighted by molar-refractivity contribution is 6.06. The van der Waals surface area contributed by atoms with Crippen LogP contribution < -0.4 is 0 Å². The molecule has 6 atom stereocenters. The number of ether oxygens (including phenoxy) is 1. The molecular formula is C16H20O10. The van der Waals surface area contributed by atoms with Crippen molar-refractivity contribution >= 4 is 23.1 Å². The van der Waals surface area contributed by atoms with E-state index in [9.17, 15) is 44.7 Å². The van der Waals surface area contributed by atoms with E-state index in [1.165, 1.54) is 5.92 Å². The molecule has 2 unspecified atom stereocenters. The van der Waals surface area contributed by atoms with E-state index in [1.54, 1.807) is 0 Å². The Kier molecular flexibility index (Phi) is 5.35. The first-order valence-corrected chi connectivity index (χ1v) is 7.36. The van der Waals surface area contributed by atoms with E-state index in [0.717, 1.165) is 6.92 Å². The molecular weight excluding hydrogens is 352 g/mol. The van der Waals surface area contributed by atoms with Crippen molar-refractivity contribution in [1.82, 2.24) is 0 Å². The van der Waals surface area contributed by atoms with E-state index in [4.69, 9.17) is 11.2 Å². The number of rotatable bonds is 5. The molecule has 0 bridgehead atoms. The van der Waals surface area contributed by atoms with Gasteiger partial charge in [0.25, 0.3) is 5.79 Å². The van der Waals surface area contributed by atoms with Crippen LogP contribution in [0.15, 0.2) is 0 Å². The third-order valence-electron chi connectivity index (χ3n) is 4.73. The Balaban J connectivity index is 4.09. The molecule has 1 aliphatic heterocycles. The summed E-state index contributed by atoms with van der Waals surface area (Å²) in [6.07, 6.45) is 0.248. The number of hydrogen-bond acceptors (Lipinski definition) is 10. The predicted molar refractivity (Wildman–Crippen MR) is 82.2 cm³/mol. The second kappa shape index (κ2) is 6.31. The summed E-state index contributed by atoms with van der Waals surface area (Å²) < 4.78 is 4.84. The summed E-state index contributed by atoms with van der Waals surface area (Å²) in [5, 5.41) is 53.1. The van der Waals surface area contributed by atoms with Crippen molar-refractivity contribution in [3.05, 3.63) is 0 Å². The van der Waals surface area contributed by atoms with Gasteiger partial charge in [0, 0.05) is 0 Å². The fraction of sp³-hybridized carbons (Fsp3) is 0.625. The number of terminal acetylenes is 1. The third-order valence-corrected chi connectivity index (χ3v) is 4.73. The Morgan fingerprint density at radius 1 is 0.923 bits per heavy atom. The van der Waals surface area contributed by atoms with E-state index < -0.39 is 57.9 Å². The molecule has 0 aromatic carbocycles. The van der Waals surface area contributed by atoms with Gasteiger partial charge in [0.15, 0.2) is 28.7 Å². The van der Waals surface area contributed by atoms with Crippen LogP contribution in [0.5, 0.6) is 0 Å². The lowest BCUT2D eigenvalue weighted by Crippen LogP contribution is -2.90. The summed E-state index contributed by atoms with van der Waals surface area (Å²) >= 11 is 0. The molecule has 1 heterocycles. The first-order valence-electron chi connectivity index (χ1n) is 7.36. The zero-order chi connectivity index (χ0) is 20.9. The molecule has 0 spiro atoms. The SMILES string of the molecule is C#CC1(O)O[C@H](C(O)C(C)=O)[C@](O)(C(C)=O)[C@@](O)(C(C)=O)[C@]1(O)C(C)=O. The van der Waals surface area contributed by atoms with Crippen LogP contribution in [0.4, 0.5) is 0 Å². The van der Waals surface area contributed by atoms with Gasteiger partial charge in [0.05, 0.1) is 0 Å². The van der Waals surface area contributed by atoms with Gasteiger partial charge in [-0.1, -0.05) is 0 Å². The van der Waals surface area contributed by atoms with Gasteiger partial charge in [0.1, 0.15) is 12.2 Å². The van der Waals surface area contributed by atoms with E-state index >= 15 is 0 Å². The highest BCUT2D eigenvalue weighted by atomic mass is 16.7. The minimum atomic E-state index is -3.75. The van der Waals surface area contributed by atoms with Gasteiger partial charge < -0.3 is 30.3 Å². The Bertz CT molecular complexity index is 723. The molecule has 1 fully saturated rings. The lowest BCUT2D eigenvalue weighted by molar-refractivity contribution is -0.391. The highest BCUT2D eigenvalue weighted by Crippen LogP contribution is 2.50. The van der Waals surface area contributed by atoms with Crippen molar-refractivity contribution in [2.75, 3.05) is 0 Å². The summed E-state index contributed by atoms with van der Waals surface area (Å²) in [5.41, 5.74) is -11.0. The third kappa shape index (κ3) is 2.30. The van der Waals surface area contributed by atoms with E-state index in [0.29, 0.717) is 20.8 Å². The summed E-state index contributed by atoms with van der Waals surface area (Å²) in [6, 6.07) is 0. The van der Waals surface area contributed by atoms with Gasteiger partial charge in [-0.3, -0.25) is 19.2 Å². The monoisotopic (exact) mass is 372 g/mol. The Morgan fingerprint density at radius 2 is 1.35 bits per heavy atom. The molecule has 0 saturated carbocycles. The number of Topliss-reactive ketones (excluding diaryl/α,β-unsaturated/α-hetero) is 4. The molecule has 26 heavy (non-hydrogen) atoms. The maximum atomic E-state index is 12.2. The fourth-order valence-corrected chi connectivity index (χ4v) is 3.20. The quantitative estimate of drug-likeness (QED) is 0.306. The van der Waals surface area contributed by atoms with Gasteiger partial charge in [-0.25, -0.2) is 0 Å². The average molecular weight is 372 g/mol. The number of carbonyl (C=O) groups excluding carboxylic acids is 4. The molecule has 0 radical (unpaired) electrons. The highest BCUT2D eigenvalue weighted by Gasteiger charge is 2.83. The smallest absolute Gasteiger partial charge is 0.272 e. The molecule has 0 amide bonds. The second-order valence-corrected chi connectivity index (χ2v) is 6.24. The van der Waals surface area contributed by atoms with E-state index in [2.05, 4.69) is 0 Å². The van der Waals surface area contributed by atoms with Crippen LogP contribution in [0.3, 0.4) is 0 Å². The van der Waals surface area contributed by atoms with Crippen molar-refractivity contribution in [3.63, 3.8) is 0 Å². The summed E-state index contributed by atoms with van der Waals surface area (Å²) in [4.78, 5) is 48.0. The maximum absolute atomic E-state index is 12.2. The minimum Gasteiger partial charge on any atom is -0.382 e. The number of ketones is 4. The molecule has 144 valence electrons. The van der Waals surface area contributed by atoms with Crippen molar-refractivity contribution in [2.45, 2.75) is 62.5 Å². The molecule has 10 nitrogen and oxygen atoms in total. The number of aliphatic hydroxyl groups excluding tert-OH is 1. The van der Waals surface area contributed by atoms with Crippen LogP contribution in [-0.4, -0.2) is 83.5 Å². The molecule has 0 aliphatic carbocycles. The Morgan fingerprint density at radius 3 is 1.62 bits per heavy atom. The average Bonchev–Trinajstić information content (AvgIpc) is 2.54. The van der Waals surface area contributed by atoms with Crippen LogP contribution in [-0.2, 0) is 23.9 Å². The van der Waals surface area contributed by atoms with Gasteiger partial charge in [0.2, 0.25) is 11.2 Å². The topological polar surface area (TPSA) is 179 Å². The Hall–Kier alpha value is -2.00. The van der Waals surface area contributed by atoms with Crippen LogP contribution in [0.25, 0.3) is 0 Å². The van der Waals surface area contributed by atoms with Gasteiger partial charge >= 0.3 is 0 Å². The molecule has 5 N–H and O–H groups in total. The molecule has 1 aliphatic rings. The molecule has 0 aromatic rings. The zero-order valence-electron chi connectivity index (χ0n) is 14.5. The van der Waals surface area contributed by atoms with Gasteiger partial charge in [-0.2, -0.15) is 0 Å². The molecule has 10 heteroatoms. The minimum absolute atomic E-state index is 0.598. The maximum Gasteiger partial charge on any atom is 0.272 e. The van der Waals surface area contributed by atoms with Crippen molar-refractivity contribution in [1.29, 1.82) is 0 Å². The summed E-state index contributed by atoms with van der Waals surface area (Å²) in [5.74, 6) is -7.61. The zero-order valence-corrected chi connectivity index (χ0v) is 14.5. The van der Waals surface area contributed by atoms with Crippen LogP contribution in [0, 0.1) is 12.3 Å². The lowest BCUT2D eigenvalue weighted by Gasteiger charge is -2.59. The lowest BCUT2D eigenvalue weighted by atomic mass is 9.57. The number of carbonyl (C=O) groups is 4. The molecule has 1 saturated heterocycles. The number of aliphatic hydroxyl groups is 5. The van der Waals surface area contributed by atoms with Crippen molar-refractivity contribution in [2.24, 2.45) is 0 Å². The van der Waals surface area contributed by atoms with E-state index in [1.807, 2.05) is 0 Å². The normalized spacial score (nSPS) is 41.0. The van der Waals surface area contributed by atoms with Crippen molar-refractivity contribution in [3.8, 4) is 12.3 Å². The van der Waals surface area contributed by atoms with E-state index in [-0.39, 0.29) is 0 Å². The van der Waals surface area contributed by atoms with Crippen LogP contribution in [0.1, 0.15) is 27.7 Å². The van der Waals surface area contributed by atoms with Crippen molar-refractivity contribution < 1.29 is 49.4 Å². The Labute approximate surface area is 148 Å². The summed E-state index contributed by atoms with van der Waals surface area (Å²) in [7, 11) is 0. The summed E-state index contributed by atoms with van der Waals surface area (Å²) in [6.45, 7) is 2.68. The predicted octanol–water partition coefficient (Wildman–Crippen LogP) is -3.38. The first-order chi connectivity index (χ1) is 11.6. The molecule has 0 aromatic heterocycles. The van der Waals surface area contributed by atoms with Gasteiger partial charge in [-0.05, 0) is 33.6 Å². The second-order valence-electron chi connectivity index (χ2n) is 6.24. The standard InChI is InChI=1S/C16H20O10/c1-6-13(22)15(24,9(4)19)16(25,10(5)20)14(23,8(3)18)12(26-13)11(21)7(2)17/h1,11-12,21-25H,2-5H3/t11?,12-,13?,14-,15+,16+/m1/s1. The number of hydrogen-bond donors (Lipinski definition) is 5. The van der Waals surface area contributed by atoms with Crippen LogP contribution >= 0.6 is 0 Å². The van der Waals surface area contributed by atoms with Gasteiger partial charge in [-0.15, -0.1) is 6.42 Å². The van der Waals surface area contributed by atoms with Crippen LogP contribution in [0.2, 0.25) is 0 Å². The first kappa shape index (κ1) is 22.0. The fourth-order valence-electron chi connectivity index (χ4n) is 3.20. The molecule has 1 rings (SSSR count). The largest absolute Gasteiger partial charge is 0.382 e.